The highest BCUT2D eigenvalue weighted by Crippen LogP contribution is 2.22. The monoisotopic (exact) mass is 271 g/mol. The Morgan fingerprint density at radius 2 is 1.70 bits per heavy atom. The standard InChI is InChI=1S/C18H22FN/c1-12-8-14(3)18(9-13(12)2)15(4)20-11-16-6-5-7-17(19)10-16/h5-10,15,20H,11H2,1-4H3. The maximum Gasteiger partial charge on any atom is 0.123 e. The Kier molecular flexibility index (Phi) is 4.56. The zero-order valence-electron chi connectivity index (χ0n) is 12.6. The topological polar surface area (TPSA) is 12.0 Å². The van der Waals surface area contributed by atoms with Crippen molar-refractivity contribution in [3.63, 3.8) is 0 Å². The molecule has 1 N–H and O–H groups in total. The van der Waals surface area contributed by atoms with Gasteiger partial charge in [0.05, 0.1) is 0 Å². The number of hydrogen-bond acceptors (Lipinski definition) is 1. The number of aryl methyl sites for hydroxylation is 3. The van der Waals surface area contributed by atoms with Gasteiger partial charge in [0.1, 0.15) is 5.82 Å². The average Bonchev–Trinajstić information content (AvgIpc) is 2.40. The molecule has 0 heterocycles. The van der Waals surface area contributed by atoms with E-state index in [9.17, 15) is 4.39 Å². The lowest BCUT2D eigenvalue weighted by Crippen LogP contribution is -2.19. The van der Waals surface area contributed by atoms with Crippen LogP contribution in [0, 0.1) is 26.6 Å². The van der Waals surface area contributed by atoms with Crippen LogP contribution in [-0.4, -0.2) is 0 Å². The van der Waals surface area contributed by atoms with Crippen molar-refractivity contribution in [2.75, 3.05) is 0 Å². The second kappa shape index (κ2) is 6.19. The first-order chi connectivity index (χ1) is 9.47. The second-order valence-corrected chi connectivity index (χ2v) is 5.53. The Labute approximate surface area is 120 Å². The Morgan fingerprint density at radius 3 is 2.40 bits per heavy atom. The van der Waals surface area contributed by atoms with E-state index in [1.807, 2.05) is 6.07 Å². The summed E-state index contributed by atoms with van der Waals surface area (Å²) >= 11 is 0. The first-order valence-corrected chi connectivity index (χ1v) is 7.03. The Bertz CT molecular complexity index is 604. The third kappa shape index (κ3) is 3.45. The van der Waals surface area contributed by atoms with E-state index >= 15 is 0 Å². The largest absolute Gasteiger partial charge is 0.306 e. The van der Waals surface area contributed by atoms with Crippen LogP contribution >= 0.6 is 0 Å². The van der Waals surface area contributed by atoms with Crippen LogP contribution in [0.1, 0.15) is 40.8 Å². The molecule has 0 aromatic heterocycles. The van der Waals surface area contributed by atoms with E-state index in [2.05, 4.69) is 45.1 Å². The molecule has 0 bridgehead atoms. The summed E-state index contributed by atoms with van der Waals surface area (Å²) in [6, 6.07) is 11.5. The van der Waals surface area contributed by atoms with E-state index in [1.54, 1.807) is 12.1 Å². The van der Waals surface area contributed by atoms with Crippen molar-refractivity contribution in [3.05, 3.63) is 70.0 Å². The number of nitrogens with one attached hydrogen (secondary N) is 1. The van der Waals surface area contributed by atoms with E-state index in [4.69, 9.17) is 0 Å². The molecule has 1 atom stereocenters. The van der Waals surface area contributed by atoms with Crippen LogP contribution in [0.2, 0.25) is 0 Å². The van der Waals surface area contributed by atoms with Gasteiger partial charge in [0.2, 0.25) is 0 Å². The molecule has 2 aromatic carbocycles. The summed E-state index contributed by atoms with van der Waals surface area (Å²) in [5, 5.41) is 3.46. The normalized spacial score (nSPS) is 12.4. The fourth-order valence-corrected chi connectivity index (χ4v) is 2.48. The van der Waals surface area contributed by atoms with Crippen LogP contribution in [0.25, 0.3) is 0 Å². The Balaban J connectivity index is 2.09. The molecule has 0 amide bonds. The summed E-state index contributed by atoms with van der Waals surface area (Å²) < 4.78 is 13.1. The molecule has 0 spiro atoms. The van der Waals surface area contributed by atoms with Gasteiger partial charge < -0.3 is 5.32 Å². The van der Waals surface area contributed by atoms with Gasteiger partial charge in [-0.05, 0) is 67.6 Å². The molecule has 20 heavy (non-hydrogen) atoms. The van der Waals surface area contributed by atoms with Crippen LogP contribution in [0.4, 0.5) is 4.39 Å². The highest BCUT2D eigenvalue weighted by atomic mass is 19.1. The minimum Gasteiger partial charge on any atom is -0.306 e. The molecule has 2 aromatic rings. The van der Waals surface area contributed by atoms with Gasteiger partial charge in [-0.25, -0.2) is 4.39 Å². The Hall–Kier alpha value is -1.67. The average molecular weight is 271 g/mol. The van der Waals surface area contributed by atoms with E-state index in [-0.39, 0.29) is 11.9 Å². The summed E-state index contributed by atoms with van der Waals surface area (Å²) in [5.41, 5.74) is 6.21. The lowest BCUT2D eigenvalue weighted by atomic mass is 9.96. The predicted molar refractivity (Wildman–Crippen MR) is 82.3 cm³/mol. The van der Waals surface area contributed by atoms with Gasteiger partial charge in [0.15, 0.2) is 0 Å². The van der Waals surface area contributed by atoms with E-state index in [0.717, 1.165) is 5.56 Å². The quantitative estimate of drug-likeness (QED) is 0.856. The van der Waals surface area contributed by atoms with Gasteiger partial charge >= 0.3 is 0 Å². The second-order valence-electron chi connectivity index (χ2n) is 5.53. The molecule has 1 nitrogen and oxygen atoms in total. The van der Waals surface area contributed by atoms with Crippen molar-refractivity contribution < 1.29 is 4.39 Å². The number of benzene rings is 2. The first kappa shape index (κ1) is 14.7. The zero-order chi connectivity index (χ0) is 14.7. The van der Waals surface area contributed by atoms with Gasteiger partial charge in [0.25, 0.3) is 0 Å². The van der Waals surface area contributed by atoms with Crippen LogP contribution in [-0.2, 0) is 6.54 Å². The summed E-state index contributed by atoms with van der Waals surface area (Å²) in [6.45, 7) is 9.23. The highest BCUT2D eigenvalue weighted by molar-refractivity contribution is 5.38. The Morgan fingerprint density at radius 1 is 1.00 bits per heavy atom. The number of hydrogen-bond donors (Lipinski definition) is 1. The molecular formula is C18H22FN. The van der Waals surface area contributed by atoms with Crippen LogP contribution < -0.4 is 5.32 Å². The van der Waals surface area contributed by atoms with Gasteiger partial charge in [-0.3, -0.25) is 0 Å². The fourth-order valence-electron chi connectivity index (χ4n) is 2.48. The third-order valence-corrected chi connectivity index (χ3v) is 3.85. The van der Waals surface area contributed by atoms with Gasteiger partial charge in [-0.15, -0.1) is 0 Å². The maximum absolute atomic E-state index is 13.1. The lowest BCUT2D eigenvalue weighted by Gasteiger charge is -2.18. The van der Waals surface area contributed by atoms with Crippen molar-refractivity contribution in [2.45, 2.75) is 40.3 Å². The van der Waals surface area contributed by atoms with Crippen molar-refractivity contribution in [1.82, 2.24) is 5.32 Å². The summed E-state index contributed by atoms with van der Waals surface area (Å²) in [5.74, 6) is -0.181. The van der Waals surface area contributed by atoms with Gasteiger partial charge in [-0.1, -0.05) is 24.3 Å². The van der Waals surface area contributed by atoms with E-state index < -0.39 is 0 Å². The minimum absolute atomic E-state index is 0.181. The molecule has 0 saturated heterocycles. The molecule has 0 aliphatic rings. The van der Waals surface area contributed by atoms with Crippen LogP contribution in [0.15, 0.2) is 36.4 Å². The molecule has 0 aliphatic heterocycles. The predicted octanol–water partition coefficient (Wildman–Crippen LogP) is 4.60. The van der Waals surface area contributed by atoms with Crippen molar-refractivity contribution in [3.8, 4) is 0 Å². The molecule has 0 aliphatic carbocycles. The summed E-state index contributed by atoms with van der Waals surface area (Å²) in [4.78, 5) is 0. The molecule has 1 unspecified atom stereocenters. The SMILES string of the molecule is Cc1cc(C)c(C(C)NCc2cccc(F)c2)cc1C. The number of halogens is 1. The fraction of sp³-hybridized carbons (Fsp3) is 0.333. The molecule has 2 rings (SSSR count). The van der Waals surface area contributed by atoms with Crippen LogP contribution in [0.3, 0.4) is 0 Å². The highest BCUT2D eigenvalue weighted by Gasteiger charge is 2.09. The molecule has 0 fully saturated rings. The zero-order valence-corrected chi connectivity index (χ0v) is 12.6. The summed E-state index contributed by atoms with van der Waals surface area (Å²) in [6.07, 6.45) is 0. The third-order valence-electron chi connectivity index (χ3n) is 3.85. The van der Waals surface area contributed by atoms with Crippen molar-refractivity contribution >= 4 is 0 Å². The molecule has 2 heteroatoms. The first-order valence-electron chi connectivity index (χ1n) is 7.03. The van der Waals surface area contributed by atoms with Gasteiger partial charge in [-0.2, -0.15) is 0 Å². The number of rotatable bonds is 4. The molecule has 0 radical (unpaired) electrons. The minimum atomic E-state index is -0.181. The molecular weight excluding hydrogens is 249 g/mol. The molecule has 106 valence electrons. The lowest BCUT2D eigenvalue weighted by molar-refractivity contribution is 0.566. The van der Waals surface area contributed by atoms with E-state index in [0.29, 0.717) is 6.54 Å². The maximum atomic E-state index is 13.1. The smallest absolute Gasteiger partial charge is 0.123 e. The van der Waals surface area contributed by atoms with Crippen LogP contribution in [0.5, 0.6) is 0 Å². The molecule has 0 saturated carbocycles. The van der Waals surface area contributed by atoms with Crippen molar-refractivity contribution in [2.24, 2.45) is 0 Å². The van der Waals surface area contributed by atoms with E-state index in [1.165, 1.54) is 28.3 Å². The van der Waals surface area contributed by atoms with Crippen molar-refractivity contribution in [1.29, 1.82) is 0 Å². The van der Waals surface area contributed by atoms with Gasteiger partial charge in [0, 0.05) is 12.6 Å². The summed E-state index contributed by atoms with van der Waals surface area (Å²) in [7, 11) is 0.